The summed E-state index contributed by atoms with van der Waals surface area (Å²) in [5.41, 5.74) is 1.14. The molecule has 0 bridgehead atoms. The van der Waals surface area contributed by atoms with Crippen molar-refractivity contribution in [3.05, 3.63) is 64.1 Å². The van der Waals surface area contributed by atoms with Gasteiger partial charge in [-0.15, -0.1) is 0 Å². The van der Waals surface area contributed by atoms with E-state index in [9.17, 15) is 17.2 Å². The zero-order valence-corrected chi connectivity index (χ0v) is 15.7. The fourth-order valence-corrected chi connectivity index (χ4v) is 4.63. The van der Waals surface area contributed by atoms with Crippen LogP contribution in [-0.4, -0.2) is 43.8 Å². The molecule has 134 valence electrons. The second kappa shape index (κ2) is 7.49. The van der Waals surface area contributed by atoms with E-state index in [-0.39, 0.29) is 4.90 Å². The minimum absolute atomic E-state index is 0.217. The van der Waals surface area contributed by atoms with E-state index in [0.717, 1.165) is 34.8 Å². The van der Waals surface area contributed by atoms with Crippen LogP contribution in [0.5, 0.6) is 0 Å². The lowest BCUT2D eigenvalue weighted by Gasteiger charge is -2.34. The Hall–Kier alpha value is -1.35. The van der Waals surface area contributed by atoms with Crippen LogP contribution in [0.4, 0.5) is 8.78 Å². The van der Waals surface area contributed by atoms with E-state index in [1.54, 1.807) is 0 Å². The summed E-state index contributed by atoms with van der Waals surface area (Å²) in [6, 6.07) is 10.6. The number of rotatable bonds is 4. The Morgan fingerprint density at radius 2 is 1.64 bits per heavy atom. The minimum atomic E-state index is -3.82. The van der Waals surface area contributed by atoms with E-state index in [0.29, 0.717) is 26.2 Å². The van der Waals surface area contributed by atoms with Crippen molar-refractivity contribution in [2.75, 3.05) is 26.2 Å². The molecule has 4 nitrogen and oxygen atoms in total. The van der Waals surface area contributed by atoms with Gasteiger partial charge in [0, 0.05) is 37.2 Å². The highest BCUT2D eigenvalue weighted by Gasteiger charge is 2.29. The summed E-state index contributed by atoms with van der Waals surface area (Å²) in [5.74, 6) is -2.22. The maximum Gasteiger partial charge on any atom is 0.243 e. The summed E-state index contributed by atoms with van der Waals surface area (Å²) >= 11 is 3.51. The van der Waals surface area contributed by atoms with Crippen molar-refractivity contribution in [3.63, 3.8) is 0 Å². The molecule has 25 heavy (non-hydrogen) atoms. The maximum absolute atomic E-state index is 13.3. The molecule has 0 saturated carbocycles. The molecule has 8 heteroatoms. The number of benzene rings is 2. The molecule has 2 aromatic rings. The smallest absolute Gasteiger partial charge is 0.243 e. The third-order valence-corrected chi connectivity index (χ3v) is 6.88. The number of hydrogen-bond donors (Lipinski definition) is 0. The zero-order valence-electron chi connectivity index (χ0n) is 13.3. The number of nitrogens with zero attached hydrogens (tertiary/aromatic N) is 2. The molecule has 1 heterocycles. The standard InChI is InChI=1S/C17H17BrF2N2O2S/c18-15-4-2-1-3-13(15)12-21-7-9-22(10-8-21)25(23,24)14-5-6-16(19)17(20)11-14/h1-6,11H,7-10,12H2. The first-order valence-corrected chi connectivity index (χ1v) is 10.0. The highest BCUT2D eigenvalue weighted by molar-refractivity contribution is 9.10. The second-order valence-electron chi connectivity index (χ2n) is 5.85. The SMILES string of the molecule is O=S(=O)(c1ccc(F)c(F)c1)N1CCN(Cc2ccccc2Br)CC1. The Labute approximate surface area is 154 Å². The van der Waals surface area contributed by atoms with Gasteiger partial charge in [0.1, 0.15) is 0 Å². The van der Waals surface area contributed by atoms with Crippen molar-refractivity contribution in [2.24, 2.45) is 0 Å². The summed E-state index contributed by atoms with van der Waals surface area (Å²) in [6.45, 7) is 2.49. The van der Waals surface area contributed by atoms with Gasteiger partial charge in [0.15, 0.2) is 11.6 Å². The molecule has 0 aliphatic carbocycles. The average Bonchev–Trinajstić information content (AvgIpc) is 2.60. The number of sulfonamides is 1. The first-order valence-electron chi connectivity index (χ1n) is 7.79. The van der Waals surface area contributed by atoms with Crippen molar-refractivity contribution in [2.45, 2.75) is 11.4 Å². The molecule has 1 saturated heterocycles. The highest BCUT2D eigenvalue weighted by atomic mass is 79.9. The Morgan fingerprint density at radius 3 is 2.28 bits per heavy atom. The molecule has 0 aromatic heterocycles. The van der Waals surface area contributed by atoms with Crippen LogP contribution in [0.15, 0.2) is 51.8 Å². The van der Waals surface area contributed by atoms with Crippen molar-refractivity contribution in [1.82, 2.24) is 9.21 Å². The highest BCUT2D eigenvalue weighted by Crippen LogP contribution is 2.22. The van der Waals surface area contributed by atoms with Gasteiger partial charge in [-0.1, -0.05) is 34.1 Å². The van der Waals surface area contributed by atoms with Crippen LogP contribution >= 0.6 is 15.9 Å². The van der Waals surface area contributed by atoms with Gasteiger partial charge >= 0.3 is 0 Å². The predicted octanol–water partition coefficient (Wildman–Crippen LogP) is 3.23. The van der Waals surface area contributed by atoms with Gasteiger partial charge in [-0.05, 0) is 29.8 Å². The molecule has 2 aromatic carbocycles. The molecule has 0 N–H and O–H groups in total. The molecule has 1 aliphatic heterocycles. The summed E-state index contributed by atoms with van der Waals surface area (Å²) in [4.78, 5) is 1.95. The molecule has 1 fully saturated rings. The zero-order chi connectivity index (χ0) is 18.0. The number of hydrogen-bond acceptors (Lipinski definition) is 3. The summed E-state index contributed by atoms with van der Waals surface area (Å²) < 4.78 is 53.9. The topological polar surface area (TPSA) is 40.6 Å². The lowest BCUT2D eigenvalue weighted by molar-refractivity contribution is 0.181. The fourth-order valence-electron chi connectivity index (χ4n) is 2.78. The lowest BCUT2D eigenvalue weighted by Crippen LogP contribution is -2.48. The molecule has 0 amide bonds. The van der Waals surface area contributed by atoms with Gasteiger partial charge in [0.2, 0.25) is 10.0 Å². The van der Waals surface area contributed by atoms with E-state index in [2.05, 4.69) is 20.8 Å². The van der Waals surface area contributed by atoms with E-state index >= 15 is 0 Å². The molecule has 0 unspecified atom stereocenters. The van der Waals surface area contributed by atoms with Crippen molar-refractivity contribution < 1.29 is 17.2 Å². The quantitative estimate of drug-likeness (QED) is 0.747. The van der Waals surface area contributed by atoms with Crippen LogP contribution < -0.4 is 0 Å². The first-order chi connectivity index (χ1) is 11.9. The maximum atomic E-state index is 13.3. The third-order valence-electron chi connectivity index (χ3n) is 4.21. The minimum Gasteiger partial charge on any atom is -0.296 e. The Kier molecular flexibility index (Phi) is 5.52. The van der Waals surface area contributed by atoms with Crippen LogP contribution in [-0.2, 0) is 16.6 Å². The second-order valence-corrected chi connectivity index (χ2v) is 8.64. The molecule has 0 radical (unpaired) electrons. The molecule has 0 spiro atoms. The van der Waals surface area contributed by atoms with Gasteiger partial charge in [0.25, 0.3) is 0 Å². The van der Waals surface area contributed by atoms with Crippen LogP contribution in [0.1, 0.15) is 5.56 Å². The lowest BCUT2D eigenvalue weighted by atomic mass is 10.2. The summed E-state index contributed by atoms with van der Waals surface area (Å²) in [6.07, 6.45) is 0. The predicted molar refractivity (Wildman–Crippen MR) is 94.5 cm³/mol. The summed E-state index contributed by atoms with van der Waals surface area (Å²) in [7, 11) is -3.82. The Balaban J connectivity index is 1.67. The first kappa shape index (κ1) is 18.4. The molecule has 3 rings (SSSR count). The van der Waals surface area contributed by atoms with Crippen LogP contribution in [0.3, 0.4) is 0 Å². The van der Waals surface area contributed by atoms with E-state index in [1.807, 2.05) is 24.3 Å². The Bertz CT molecular complexity index is 869. The van der Waals surface area contributed by atoms with Crippen LogP contribution in [0.2, 0.25) is 0 Å². The van der Waals surface area contributed by atoms with Crippen LogP contribution in [0, 0.1) is 11.6 Å². The van der Waals surface area contributed by atoms with Crippen molar-refractivity contribution in [1.29, 1.82) is 0 Å². The fraction of sp³-hybridized carbons (Fsp3) is 0.294. The molecule has 0 atom stereocenters. The normalized spacial score (nSPS) is 16.9. The largest absolute Gasteiger partial charge is 0.296 e. The van der Waals surface area contributed by atoms with E-state index in [4.69, 9.17) is 0 Å². The van der Waals surface area contributed by atoms with E-state index < -0.39 is 21.7 Å². The van der Waals surface area contributed by atoms with Crippen LogP contribution in [0.25, 0.3) is 0 Å². The third kappa shape index (κ3) is 4.08. The van der Waals surface area contributed by atoms with Crippen molar-refractivity contribution >= 4 is 26.0 Å². The van der Waals surface area contributed by atoms with Gasteiger partial charge in [-0.2, -0.15) is 4.31 Å². The van der Waals surface area contributed by atoms with Gasteiger partial charge in [-0.25, -0.2) is 17.2 Å². The monoisotopic (exact) mass is 430 g/mol. The molecular formula is C17H17BrF2N2O2S. The van der Waals surface area contributed by atoms with Gasteiger partial charge in [-0.3, -0.25) is 4.90 Å². The summed E-state index contributed by atoms with van der Waals surface area (Å²) in [5, 5.41) is 0. The molecule has 1 aliphatic rings. The Morgan fingerprint density at radius 1 is 0.960 bits per heavy atom. The number of piperazine rings is 1. The van der Waals surface area contributed by atoms with Gasteiger partial charge < -0.3 is 0 Å². The van der Waals surface area contributed by atoms with Gasteiger partial charge in [0.05, 0.1) is 4.90 Å². The number of halogens is 3. The van der Waals surface area contributed by atoms with E-state index in [1.165, 1.54) is 4.31 Å². The van der Waals surface area contributed by atoms with Crippen molar-refractivity contribution in [3.8, 4) is 0 Å². The molecular weight excluding hydrogens is 414 g/mol. The average molecular weight is 431 g/mol.